The molecule has 1 aromatic heterocycles. The van der Waals surface area contributed by atoms with Crippen LogP contribution in [0, 0.1) is 6.92 Å². The summed E-state index contributed by atoms with van der Waals surface area (Å²) in [6.07, 6.45) is -0.758. The molecule has 0 aliphatic carbocycles. The van der Waals surface area contributed by atoms with E-state index in [1.54, 1.807) is 22.8 Å². The minimum absolute atomic E-state index is 0. The Bertz CT molecular complexity index is 1130. The van der Waals surface area contributed by atoms with Gasteiger partial charge in [-0.3, -0.25) is 4.79 Å². The van der Waals surface area contributed by atoms with Gasteiger partial charge in [0.1, 0.15) is 0 Å². The lowest BCUT2D eigenvalue weighted by molar-refractivity contribution is -0.678. The van der Waals surface area contributed by atoms with Crippen molar-refractivity contribution in [2.75, 3.05) is 5.32 Å². The Morgan fingerprint density at radius 2 is 1.94 bits per heavy atom. The molecule has 3 aromatic rings. The molecule has 1 aliphatic rings. The molecule has 0 saturated heterocycles. The largest absolute Gasteiger partial charge is 1.00 e. The molecule has 0 fully saturated rings. The van der Waals surface area contributed by atoms with Gasteiger partial charge in [-0.2, -0.15) is 13.2 Å². The van der Waals surface area contributed by atoms with Crippen LogP contribution in [0.4, 0.5) is 18.9 Å². The number of imidazole rings is 1. The van der Waals surface area contributed by atoms with Crippen molar-refractivity contribution in [3.63, 3.8) is 0 Å². The molecule has 4 nitrogen and oxygen atoms in total. The molecule has 4 rings (SSSR count). The summed E-state index contributed by atoms with van der Waals surface area (Å²) >= 11 is 6.03. The van der Waals surface area contributed by atoms with Gasteiger partial charge in [-0.15, -0.1) is 0 Å². The van der Waals surface area contributed by atoms with Gasteiger partial charge >= 0.3 is 6.18 Å². The molecule has 0 saturated carbocycles. The average molecular weight is 472 g/mol. The molecule has 31 heavy (non-hydrogen) atoms. The molecule has 0 spiro atoms. The summed E-state index contributed by atoms with van der Waals surface area (Å²) in [6.45, 7) is 2.53. The van der Waals surface area contributed by atoms with Gasteiger partial charge in [0.15, 0.2) is 17.6 Å². The van der Waals surface area contributed by atoms with Gasteiger partial charge in [0.25, 0.3) is 11.7 Å². The fourth-order valence-corrected chi connectivity index (χ4v) is 4.23. The monoisotopic (exact) mass is 471 g/mol. The van der Waals surface area contributed by atoms with Crippen LogP contribution in [0.1, 0.15) is 36.2 Å². The van der Waals surface area contributed by atoms with Crippen LogP contribution < -0.4 is 22.3 Å². The minimum Gasteiger partial charge on any atom is -1.00 e. The lowest BCUT2D eigenvalue weighted by Gasteiger charge is -2.09. The number of aryl methyl sites for hydroxylation is 2. The van der Waals surface area contributed by atoms with E-state index in [0.29, 0.717) is 16.2 Å². The van der Waals surface area contributed by atoms with E-state index in [2.05, 4.69) is 9.88 Å². The van der Waals surface area contributed by atoms with Crippen molar-refractivity contribution in [2.24, 2.45) is 0 Å². The van der Waals surface area contributed by atoms with Crippen LogP contribution in [0.2, 0.25) is 5.02 Å². The number of hydrogen-bond acceptors (Lipinski definition) is 1. The number of carbonyl (C=O) groups is 1. The Balaban J connectivity index is 0.00000272. The van der Waals surface area contributed by atoms with E-state index in [4.69, 9.17) is 11.6 Å². The van der Waals surface area contributed by atoms with Crippen LogP contribution in [0.25, 0.3) is 11.0 Å². The maximum atomic E-state index is 13.3. The third kappa shape index (κ3) is 4.83. The van der Waals surface area contributed by atoms with Gasteiger partial charge in [-0.25, -0.2) is 9.13 Å². The van der Waals surface area contributed by atoms with Gasteiger partial charge in [-0.1, -0.05) is 17.7 Å². The third-order valence-corrected chi connectivity index (χ3v) is 5.80. The summed E-state index contributed by atoms with van der Waals surface area (Å²) in [7, 11) is 0. The first-order chi connectivity index (χ1) is 14.2. The van der Waals surface area contributed by atoms with Gasteiger partial charge < -0.3 is 17.7 Å². The maximum Gasteiger partial charge on any atom is 0.416 e. The van der Waals surface area contributed by atoms with Crippen LogP contribution >= 0.6 is 11.6 Å². The molecule has 2 aromatic carbocycles. The molecule has 1 aliphatic heterocycles. The molecule has 2 heterocycles. The fourth-order valence-electron chi connectivity index (χ4n) is 4.06. The first-order valence-corrected chi connectivity index (χ1v) is 10.3. The number of halogens is 5. The van der Waals surface area contributed by atoms with Crippen LogP contribution in [-0.2, 0) is 30.5 Å². The van der Waals surface area contributed by atoms with Crippen molar-refractivity contribution in [3.8, 4) is 0 Å². The van der Waals surface area contributed by atoms with Crippen molar-refractivity contribution in [1.82, 2.24) is 4.57 Å². The van der Waals surface area contributed by atoms with E-state index in [0.717, 1.165) is 61.3 Å². The van der Waals surface area contributed by atoms with E-state index in [9.17, 15) is 18.0 Å². The number of hydrogen-bond donors (Lipinski definition) is 1. The average Bonchev–Trinajstić information content (AvgIpc) is 2.83. The van der Waals surface area contributed by atoms with Crippen LogP contribution in [-0.4, -0.2) is 10.5 Å². The van der Waals surface area contributed by atoms with Crippen LogP contribution in [0.5, 0.6) is 0 Å². The summed E-state index contributed by atoms with van der Waals surface area (Å²) in [5, 5.41) is 3.35. The Morgan fingerprint density at radius 1 is 1.16 bits per heavy atom. The predicted molar refractivity (Wildman–Crippen MR) is 110 cm³/mol. The normalized spacial score (nSPS) is 14.0. The van der Waals surface area contributed by atoms with Gasteiger partial charge in [0.2, 0.25) is 0 Å². The molecule has 1 amide bonds. The summed E-state index contributed by atoms with van der Waals surface area (Å²) in [6, 6.07) is 8.98. The van der Waals surface area contributed by atoms with Crippen molar-refractivity contribution >= 4 is 34.2 Å². The van der Waals surface area contributed by atoms with Crippen molar-refractivity contribution in [2.45, 2.75) is 51.9 Å². The molecule has 0 radical (unpaired) electrons. The SMILES string of the molecule is Cc1ccc(Cl)cc1NC(=O)Cn1c2[n+](c3ccc(C(F)(F)F)cc31)CCCCC2.[Cl-]. The summed E-state index contributed by atoms with van der Waals surface area (Å²) in [5.41, 5.74) is 1.90. The van der Waals surface area contributed by atoms with Crippen molar-refractivity contribution in [1.29, 1.82) is 0 Å². The molecule has 0 atom stereocenters. The highest BCUT2D eigenvalue weighted by Gasteiger charge is 2.34. The first kappa shape index (κ1) is 23.4. The number of rotatable bonds is 3. The highest BCUT2D eigenvalue weighted by atomic mass is 35.5. The summed E-state index contributed by atoms with van der Waals surface area (Å²) in [5.74, 6) is 0.585. The number of carbonyl (C=O) groups excluding carboxylic acids is 1. The summed E-state index contributed by atoms with van der Waals surface area (Å²) < 4.78 is 43.7. The molecule has 0 bridgehead atoms. The minimum atomic E-state index is -4.44. The van der Waals surface area contributed by atoms with E-state index in [1.807, 2.05) is 6.92 Å². The fraction of sp³-hybridized carbons (Fsp3) is 0.364. The second kappa shape index (κ2) is 9.09. The standard InChI is InChI=1S/C22H21ClF3N3O.ClH/c1-14-6-8-16(23)12-17(14)27-20(30)13-29-19-11-15(22(24,25)26)7-9-18(19)28-10-4-2-3-5-21(28)29;/h6-9,11-12H,2-5,10,13H2,1H3;1H. The topological polar surface area (TPSA) is 37.9 Å². The zero-order valence-corrected chi connectivity index (χ0v) is 18.4. The molecule has 1 N–H and O–H groups in total. The number of aromatic nitrogens is 2. The molecular formula is C22H22Cl2F3N3O. The Morgan fingerprint density at radius 3 is 2.68 bits per heavy atom. The molecular weight excluding hydrogens is 450 g/mol. The zero-order chi connectivity index (χ0) is 21.5. The second-order valence-corrected chi connectivity index (χ2v) is 8.11. The lowest BCUT2D eigenvalue weighted by Crippen LogP contribution is -3.00. The van der Waals surface area contributed by atoms with Crippen LogP contribution in [0.15, 0.2) is 36.4 Å². The number of nitrogens with zero attached hydrogens (tertiary/aromatic N) is 2. The zero-order valence-electron chi connectivity index (χ0n) is 16.9. The molecule has 166 valence electrons. The lowest BCUT2D eigenvalue weighted by atomic mass is 10.1. The number of alkyl halides is 3. The van der Waals surface area contributed by atoms with E-state index in [1.165, 1.54) is 6.07 Å². The quantitative estimate of drug-likeness (QED) is 0.584. The highest BCUT2D eigenvalue weighted by Crippen LogP contribution is 2.32. The van der Waals surface area contributed by atoms with Crippen molar-refractivity contribution < 1.29 is 34.9 Å². The Kier molecular flexibility index (Phi) is 6.86. The van der Waals surface area contributed by atoms with Crippen LogP contribution in [0.3, 0.4) is 0 Å². The Hall–Kier alpha value is -2.25. The van der Waals surface area contributed by atoms with E-state index in [-0.39, 0.29) is 24.9 Å². The first-order valence-electron chi connectivity index (χ1n) is 9.92. The highest BCUT2D eigenvalue weighted by molar-refractivity contribution is 6.31. The van der Waals surface area contributed by atoms with Crippen molar-refractivity contribution in [3.05, 3.63) is 58.4 Å². The second-order valence-electron chi connectivity index (χ2n) is 7.67. The van der Waals surface area contributed by atoms with Gasteiger partial charge in [-0.05, 0) is 56.0 Å². The number of nitrogens with one attached hydrogen (secondary N) is 1. The smallest absolute Gasteiger partial charge is 0.416 e. The molecule has 9 heteroatoms. The van der Waals surface area contributed by atoms with E-state index < -0.39 is 11.7 Å². The number of amides is 1. The number of fused-ring (bicyclic) bond motifs is 3. The number of benzene rings is 2. The summed E-state index contributed by atoms with van der Waals surface area (Å²) in [4.78, 5) is 12.8. The molecule has 0 unspecified atom stereocenters. The maximum absolute atomic E-state index is 13.3. The van der Waals surface area contributed by atoms with Gasteiger partial charge in [0.05, 0.1) is 12.1 Å². The van der Waals surface area contributed by atoms with Gasteiger partial charge in [0, 0.05) is 23.2 Å². The Labute approximate surface area is 189 Å². The predicted octanol–water partition coefficient (Wildman–Crippen LogP) is 2.28. The van der Waals surface area contributed by atoms with E-state index >= 15 is 0 Å². The third-order valence-electron chi connectivity index (χ3n) is 5.57. The number of anilines is 1.